The lowest BCUT2D eigenvalue weighted by molar-refractivity contribution is -0.123. The third-order valence-corrected chi connectivity index (χ3v) is 5.66. The number of aromatic nitrogens is 1. The van der Waals surface area contributed by atoms with Crippen LogP contribution in [0.15, 0.2) is 64.9 Å². The van der Waals surface area contributed by atoms with Crippen LogP contribution in [-0.2, 0) is 19.6 Å². The Bertz CT molecular complexity index is 1130. The number of benzene rings is 2. The van der Waals surface area contributed by atoms with Crippen LogP contribution in [0.1, 0.15) is 17.4 Å². The zero-order valence-corrected chi connectivity index (χ0v) is 16.9. The number of amides is 1. The van der Waals surface area contributed by atoms with Gasteiger partial charge in [-0.25, -0.2) is 23.3 Å². The number of esters is 1. The molecule has 0 spiro atoms. The summed E-state index contributed by atoms with van der Waals surface area (Å²) in [6.07, 6.45) is -1.08. The minimum absolute atomic E-state index is 0.0762. The summed E-state index contributed by atoms with van der Waals surface area (Å²) in [7, 11) is -3.82. The number of anilines is 1. The molecule has 1 aromatic heterocycles. The zero-order valence-electron chi connectivity index (χ0n) is 15.2. The van der Waals surface area contributed by atoms with Gasteiger partial charge in [0.25, 0.3) is 5.91 Å². The van der Waals surface area contributed by atoms with E-state index >= 15 is 0 Å². The van der Waals surface area contributed by atoms with Gasteiger partial charge in [0.1, 0.15) is 5.01 Å². The van der Waals surface area contributed by atoms with Crippen molar-refractivity contribution < 1.29 is 22.7 Å². The van der Waals surface area contributed by atoms with Crippen LogP contribution in [-0.4, -0.2) is 31.4 Å². The minimum atomic E-state index is -3.82. The molecular formula is C19H17N3O5S2. The van der Waals surface area contributed by atoms with Gasteiger partial charge in [-0.2, -0.15) is 0 Å². The third-order valence-electron chi connectivity index (χ3n) is 3.84. The molecule has 0 saturated carbocycles. The first-order chi connectivity index (χ1) is 13.7. The lowest BCUT2D eigenvalue weighted by Crippen LogP contribution is -2.30. The van der Waals surface area contributed by atoms with Crippen LogP contribution in [0.2, 0.25) is 0 Å². The van der Waals surface area contributed by atoms with Gasteiger partial charge in [0.15, 0.2) is 11.8 Å². The van der Waals surface area contributed by atoms with Crippen molar-refractivity contribution in [3.8, 4) is 10.6 Å². The van der Waals surface area contributed by atoms with Crippen LogP contribution in [0.25, 0.3) is 10.6 Å². The molecule has 0 aliphatic heterocycles. The van der Waals surface area contributed by atoms with E-state index in [0.29, 0.717) is 10.7 Å². The molecule has 0 aliphatic carbocycles. The molecule has 150 valence electrons. The molecule has 0 bridgehead atoms. The number of hydrogen-bond acceptors (Lipinski definition) is 7. The fourth-order valence-electron chi connectivity index (χ4n) is 2.33. The van der Waals surface area contributed by atoms with Gasteiger partial charge in [0.05, 0.1) is 4.90 Å². The highest BCUT2D eigenvalue weighted by Gasteiger charge is 2.21. The maximum Gasteiger partial charge on any atom is 0.358 e. The predicted molar refractivity (Wildman–Crippen MR) is 109 cm³/mol. The van der Waals surface area contributed by atoms with Gasteiger partial charge < -0.3 is 10.1 Å². The number of primary sulfonamides is 1. The van der Waals surface area contributed by atoms with Crippen LogP contribution in [0.5, 0.6) is 0 Å². The topological polar surface area (TPSA) is 128 Å². The van der Waals surface area contributed by atoms with E-state index in [4.69, 9.17) is 9.88 Å². The van der Waals surface area contributed by atoms with E-state index in [1.54, 1.807) is 5.38 Å². The van der Waals surface area contributed by atoms with E-state index in [1.807, 2.05) is 30.3 Å². The largest absolute Gasteiger partial charge is 0.448 e. The summed E-state index contributed by atoms with van der Waals surface area (Å²) in [5.41, 5.74) is 1.33. The average Bonchev–Trinajstić information content (AvgIpc) is 3.19. The standard InChI is InChI=1S/C19H17N3O5S2/c1-12(17(23)21-14-7-9-15(10-8-14)29(20,25)26)27-19(24)16-11-28-18(22-16)13-5-3-2-4-6-13/h2-12H,1H3,(H,21,23)(H2,20,25,26). The molecule has 0 radical (unpaired) electrons. The summed E-state index contributed by atoms with van der Waals surface area (Å²) in [4.78, 5) is 28.7. The lowest BCUT2D eigenvalue weighted by Gasteiger charge is -2.13. The molecule has 1 amide bonds. The number of thiazole rings is 1. The monoisotopic (exact) mass is 431 g/mol. The highest BCUT2D eigenvalue weighted by molar-refractivity contribution is 7.89. The number of hydrogen-bond donors (Lipinski definition) is 2. The number of carbonyl (C=O) groups excluding carboxylic acids is 2. The van der Waals surface area contributed by atoms with Gasteiger partial charge in [0.2, 0.25) is 10.0 Å². The Morgan fingerprint density at radius 3 is 2.38 bits per heavy atom. The van der Waals surface area contributed by atoms with Crippen molar-refractivity contribution in [2.45, 2.75) is 17.9 Å². The van der Waals surface area contributed by atoms with Gasteiger partial charge >= 0.3 is 5.97 Å². The molecule has 1 atom stereocenters. The van der Waals surface area contributed by atoms with Gasteiger partial charge in [-0.3, -0.25) is 4.79 Å². The highest BCUT2D eigenvalue weighted by atomic mass is 32.2. The van der Waals surface area contributed by atoms with E-state index in [9.17, 15) is 18.0 Å². The predicted octanol–water partition coefficient (Wildman–Crippen LogP) is 2.64. The number of nitrogens with zero attached hydrogens (tertiary/aromatic N) is 1. The lowest BCUT2D eigenvalue weighted by atomic mass is 10.2. The van der Waals surface area contributed by atoms with Crippen molar-refractivity contribution in [1.82, 2.24) is 4.98 Å². The van der Waals surface area contributed by atoms with E-state index in [2.05, 4.69) is 10.3 Å². The average molecular weight is 431 g/mol. The van der Waals surface area contributed by atoms with Crippen molar-refractivity contribution in [2.75, 3.05) is 5.32 Å². The molecule has 1 heterocycles. The van der Waals surface area contributed by atoms with Crippen molar-refractivity contribution in [3.05, 3.63) is 65.7 Å². The Morgan fingerprint density at radius 1 is 1.10 bits per heavy atom. The molecule has 1 unspecified atom stereocenters. The number of nitrogens with two attached hydrogens (primary N) is 1. The molecule has 0 aliphatic rings. The molecule has 29 heavy (non-hydrogen) atoms. The number of nitrogens with one attached hydrogen (secondary N) is 1. The second-order valence-electron chi connectivity index (χ2n) is 6.01. The SMILES string of the molecule is CC(OC(=O)c1csc(-c2ccccc2)n1)C(=O)Nc1ccc(S(N)(=O)=O)cc1. The number of carbonyl (C=O) groups is 2. The smallest absolute Gasteiger partial charge is 0.358 e. The van der Waals surface area contributed by atoms with E-state index in [-0.39, 0.29) is 10.6 Å². The van der Waals surface area contributed by atoms with Crippen molar-refractivity contribution in [3.63, 3.8) is 0 Å². The Hall–Kier alpha value is -3.08. The van der Waals surface area contributed by atoms with Crippen molar-refractivity contribution >= 4 is 38.9 Å². The normalized spacial score (nSPS) is 12.2. The fourth-order valence-corrected chi connectivity index (χ4v) is 3.64. The summed E-state index contributed by atoms with van der Waals surface area (Å²) in [5.74, 6) is -1.28. The number of sulfonamides is 1. The molecule has 3 aromatic rings. The Kier molecular flexibility index (Phi) is 6.06. The summed E-state index contributed by atoms with van der Waals surface area (Å²) in [6.45, 7) is 1.43. The molecule has 3 N–H and O–H groups in total. The van der Waals surface area contributed by atoms with Gasteiger partial charge in [-0.05, 0) is 31.2 Å². The van der Waals surface area contributed by atoms with Gasteiger partial charge in [-0.15, -0.1) is 11.3 Å². The molecule has 8 nitrogen and oxygen atoms in total. The van der Waals surface area contributed by atoms with Crippen LogP contribution >= 0.6 is 11.3 Å². The third kappa shape index (κ3) is 5.25. The second-order valence-corrected chi connectivity index (χ2v) is 8.43. The van der Waals surface area contributed by atoms with E-state index in [0.717, 1.165) is 5.56 Å². The van der Waals surface area contributed by atoms with E-state index < -0.39 is 28.0 Å². The second kappa shape index (κ2) is 8.52. The molecule has 0 saturated heterocycles. The summed E-state index contributed by atoms with van der Waals surface area (Å²) in [6, 6.07) is 14.7. The molecule has 10 heteroatoms. The van der Waals surface area contributed by atoms with Crippen LogP contribution in [0.4, 0.5) is 5.69 Å². The van der Waals surface area contributed by atoms with Crippen molar-refractivity contribution in [2.24, 2.45) is 5.14 Å². The molecular weight excluding hydrogens is 414 g/mol. The van der Waals surface area contributed by atoms with Gasteiger partial charge in [0, 0.05) is 16.6 Å². The van der Waals surface area contributed by atoms with Gasteiger partial charge in [-0.1, -0.05) is 30.3 Å². The minimum Gasteiger partial charge on any atom is -0.448 e. The number of rotatable bonds is 6. The first kappa shape index (κ1) is 20.6. The zero-order chi connectivity index (χ0) is 21.0. The first-order valence-corrected chi connectivity index (χ1v) is 10.8. The quantitative estimate of drug-likeness (QED) is 0.577. The van der Waals surface area contributed by atoms with Crippen LogP contribution in [0, 0.1) is 0 Å². The summed E-state index contributed by atoms with van der Waals surface area (Å²) < 4.78 is 27.7. The Labute approximate surface area is 171 Å². The Balaban J connectivity index is 1.61. The summed E-state index contributed by atoms with van der Waals surface area (Å²) in [5, 5.41) is 9.81. The number of ether oxygens (including phenoxy) is 1. The Morgan fingerprint density at radius 2 is 1.76 bits per heavy atom. The van der Waals surface area contributed by atoms with Crippen LogP contribution < -0.4 is 10.5 Å². The first-order valence-electron chi connectivity index (χ1n) is 8.40. The van der Waals surface area contributed by atoms with Crippen LogP contribution in [0.3, 0.4) is 0 Å². The maximum absolute atomic E-state index is 12.3. The fraction of sp³-hybridized carbons (Fsp3) is 0.105. The van der Waals surface area contributed by atoms with E-state index in [1.165, 1.54) is 42.5 Å². The maximum atomic E-state index is 12.3. The molecule has 2 aromatic carbocycles. The van der Waals surface area contributed by atoms with Crippen molar-refractivity contribution in [1.29, 1.82) is 0 Å². The summed E-state index contributed by atoms with van der Waals surface area (Å²) >= 11 is 1.30. The highest BCUT2D eigenvalue weighted by Crippen LogP contribution is 2.23. The molecule has 0 fully saturated rings. The molecule has 3 rings (SSSR count).